The maximum Gasteiger partial charge on any atom is 0.253 e. The van der Waals surface area contributed by atoms with Gasteiger partial charge in [0.05, 0.1) is 22.3 Å². The minimum absolute atomic E-state index is 0.0812. The van der Waals surface area contributed by atoms with Gasteiger partial charge in [0.15, 0.2) is 5.65 Å². The highest BCUT2D eigenvalue weighted by Gasteiger charge is 2.31. The zero-order valence-corrected chi connectivity index (χ0v) is 19.7. The molecule has 1 saturated heterocycles. The van der Waals surface area contributed by atoms with E-state index in [0.29, 0.717) is 37.1 Å². The maximum absolute atomic E-state index is 13.0. The van der Waals surface area contributed by atoms with Crippen LogP contribution in [0.15, 0.2) is 54.7 Å². The number of carbonyl (C=O) groups is 1. The lowest BCUT2D eigenvalue weighted by molar-refractivity contribution is 0.0746. The summed E-state index contributed by atoms with van der Waals surface area (Å²) in [4.78, 5) is 27.0. The summed E-state index contributed by atoms with van der Waals surface area (Å²) in [5, 5.41) is 6.16. The van der Waals surface area contributed by atoms with Crippen molar-refractivity contribution in [2.24, 2.45) is 0 Å². The van der Waals surface area contributed by atoms with Crippen LogP contribution < -0.4 is 4.90 Å². The number of amides is 1. The molecular weight excluding hydrogens is 448 g/mol. The lowest BCUT2D eigenvalue weighted by atomic mass is 10.1. The first-order valence-electron chi connectivity index (χ1n) is 11.7. The van der Waals surface area contributed by atoms with Crippen LogP contribution in [0.4, 0.5) is 5.82 Å². The number of hydrogen-bond acceptors (Lipinski definition) is 5. The van der Waals surface area contributed by atoms with Crippen LogP contribution in [0.2, 0.25) is 5.02 Å². The Balaban J connectivity index is 1.31. The molecular formula is C26H25ClN6O. The summed E-state index contributed by atoms with van der Waals surface area (Å²) in [6.45, 7) is 4.75. The Hall–Kier alpha value is -3.45. The summed E-state index contributed by atoms with van der Waals surface area (Å²) in [6, 6.07) is 15.4. The van der Waals surface area contributed by atoms with Crippen molar-refractivity contribution in [2.75, 3.05) is 31.1 Å². The van der Waals surface area contributed by atoms with E-state index in [0.717, 1.165) is 52.3 Å². The molecule has 1 aliphatic heterocycles. The van der Waals surface area contributed by atoms with Gasteiger partial charge < -0.3 is 9.80 Å². The standard InChI is InChI=1S/C26H25ClN6O/c1-17-6-8-19(9-7-17)26(34)32-14-12-31(13-15-32)24-20-16-28-33(22-5-3-2-4-21(22)27)25(20)30-23(29-24)18-10-11-18/h2-9,16,18H,10-15H2,1H3. The molecule has 1 saturated carbocycles. The molecule has 2 fully saturated rings. The number of carbonyl (C=O) groups excluding carboxylic acids is 1. The summed E-state index contributed by atoms with van der Waals surface area (Å²) < 4.78 is 1.81. The summed E-state index contributed by atoms with van der Waals surface area (Å²) in [5.41, 5.74) is 3.47. The highest BCUT2D eigenvalue weighted by atomic mass is 35.5. The first kappa shape index (κ1) is 21.1. The molecule has 0 bridgehead atoms. The minimum atomic E-state index is 0.0812. The molecule has 7 nitrogen and oxygen atoms in total. The number of piperazine rings is 1. The monoisotopic (exact) mass is 472 g/mol. The molecule has 2 aromatic heterocycles. The fourth-order valence-corrected chi connectivity index (χ4v) is 4.69. The van der Waals surface area contributed by atoms with Crippen molar-refractivity contribution < 1.29 is 4.79 Å². The molecule has 172 valence electrons. The van der Waals surface area contributed by atoms with Crippen molar-refractivity contribution in [3.8, 4) is 5.69 Å². The molecule has 34 heavy (non-hydrogen) atoms. The second-order valence-electron chi connectivity index (χ2n) is 9.07. The number of aryl methyl sites for hydroxylation is 1. The van der Waals surface area contributed by atoms with Crippen molar-refractivity contribution >= 4 is 34.4 Å². The molecule has 0 spiro atoms. The normalized spacial score (nSPS) is 16.3. The Kier molecular flexibility index (Phi) is 5.21. The number of halogens is 1. The summed E-state index contributed by atoms with van der Waals surface area (Å²) in [7, 11) is 0. The zero-order chi connectivity index (χ0) is 23.2. The van der Waals surface area contributed by atoms with Crippen molar-refractivity contribution in [3.63, 3.8) is 0 Å². The smallest absolute Gasteiger partial charge is 0.253 e. The third-order valence-corrected chi connectivity index (χ3v) is 6.93. The van der Waals surface area contributed by atoms with Gasteiger partial charge in [-0.1, -0.05) is 41.4 Å². The van der Waals surface area contributed by atoms with E-state index in [4.69, 9.17) is 21.6 Å². The van der Waals surface area contributed by atoms with Crippen LogP contribution in [0, 0.1) is 6.92 Å². The fraction of sp³-hybridized carbons (Fsp3) is 0.308. The Morgan fingerprint density at radius 1 is 0.971 bits per heavy atom. The number of aromatic nitrogens is 4. The molecule has 0 N–H and O–H groups in total. The Bertz CT molecular complexity index is 1370. The number of anilines is 1. The quantitative estimate of drug-likeness (QED) is 0.433. The van der Waals surface area contributed by atoms with Gasteiger partial charge in [-0.3, -0.25) is 4.79 Å². The van der Waals surface area contributed by atoms with Crippen LogP contribution in [0.25, 0.3) is 16.7 Å². The van der Waals surface area contributed by atoms with E-state index in [9.17, 15) is 4.79 Å². The van der Waals surface area contributed by atoms with Crippen molar-refractivity contribution in [1.82, 2.24) is 24.6 Å². The summed E-state index contributed by atoms with van der Waals surface area (Å²) in [5.74, 6) is 2.25. The van der Waals surface area contributed by atoms with E-state index in [1.165, 1.54) is 0 Å². The minimum Gasteiger partial charge on any atom is -0.352 e. The lowest BCUT2D eigenvalue weighted by Gasteiger charge is -2.35. The molecule has 2 aliphatic rings. The van der Waals surface area contributed by atoms with Gasteiger partial charge in [0.2, 0.25) is 0 Å². The Morgan fingerprint density at radius 3 is 2.41 bits per heavy atom. The molecule has 4 aromatic rings. The van der Waals surface area contributed by atoms with Crippen LogP contribution in [-0.4, -0.2) is 56.7 Å². The molecule has 2 aromatic carbocycles. The number of nitrogens with zero attached hydrogens (tertiary/aromatic N) is 6. The van der Waals surface area contributed by atoms with E-state index < -0.39 is 0 Å². The number of hydrogen-bond donors (Lipinski definition) is 0. The maximum atomic E-state index is 13.0. The van der Waals surface area contributed by atoms with Crippen LogP contribution in [0.5, 0.6) is 0 Å². The van der Waals surface area contributed by atoms with Gasteiger partial charge in [-0.25, -0.2) is 14.6 Å². The average molecular weight is 473 g/mol. The first-order chi connectivity index (χ1) is 16.6. The topological polar surface area (TPSA) is 67.2 Å². The summed E-state index contributed by atoms with van der Waals surface area (Å²) in [6.07, 6.45) is 4.06. The highest BCUT2D eigenvalue weighted by molar-refractivity contribution is 6.32. The largest absolute Gasteiger partial charge is 0.352 e. The lowest BCUT2D eigenvalue weighted by Crippen LogP contribution is -2.49. The van der Waals surface area contributed by atoms with Crippen LogP contribution in [0.3, 0.4) is 0 Å². The zero-order valence-electron chi connectivity index (χ0n) is 19.0. The number of benzene rings is 2. The molecule has 1 aliphatic carbocycles. The second-order valence-corrected chi connectivity index (χ2v) is 9.48. The van der Waals surface area contributed by atoms with E-state index in [-0.39, 0.29) is 5.91 Å². The van der Waals surface area contributed by atoms with Crippen LogP contribution in [0.1, 0.15) is 40.5 Å². The van der Waals surface area contributed by atoms with E-state index in [1.807, 2.05) is 71.2 Å². The molecule has 6 rings (SSSR count). The molecule has 1 amide bonds. The first-order valence-corrected chi connectivity index (χ1v) is 12.1. The SMILES string of the molecule is Cc1ccc(C(=O)N2CCN(c3nc(C4CC4)nc4c3cnn4-c3ccccc3Cl)CC2)cc1. The van der Waals surface area contributed by atoms with E-state index in [2.05, 4.69) is 10.00 Å². The third-order valence-electron chi connectivity index (χ3n) is 6.61. The van der Waals surface area contributed by atoms with Gasteiger partial charge in [-0.15, -0.1) is 0 Å². The van der Waals surface area contributed by atoms with Crippen molar-refractivity contribution in [3.05, 3.63) is 76.7 Å². The number of rotatable bonds is 4. The van der Waals surface area contributed by atoms with Crippen molar-refractivity contribution in [2.45, 2.75) is 25.7 Å². The van der Waals surface area contributed by atoms with Crippen molar-refractivity contribution in [1.29, 1.82) is 0 Å². The van der Waals surface area contributed by atoms with Gasteiger partial charge in [0.25, 0.3) is 5.91 Å². The molecule has 0 atom stereocenters. The molecule has 0 radical (unpaired) electrons. The predicted molar refractivity (Wildman–Crippen MR) is 133 cm³/mol. The molecule has 8 heteroatoms. The van der Waals surface area contributed by atoms with E-state index >= 15 is 0 Å². The number of para-hydroxylation sites is 1. The van der Waals surface area contributed by atoms with Gasteiger partial charge in [-0.05, 0) is 44.0 Å². The molecule has 0 unspecified atom stereocenters. The predicted octanol–water partition coefficient (Wildman–Crippen LogP) is 4.62. The van der Waals surface area contributed by atoms with Gasteiger partial charge >= 0.3 is 0 Å². The fourth-order valence-electron chi connectivity index (χ4n) is 4.47. The number of fused-ring (bicyclic) bond motifs is 1. The van der Waals surface area contributed by atoms with Gasteiger partial charge in [0, 0.05) is 37.7 Å². The average Bonchev–Trinajstić information content (AvgIpc) is 3.64. The van der Waals surface area contributed by atoms with Crippen LogP contribution >= 0.6 is 11.6 Å². The molecule has 3 heterocycles. The highest BCUT2D eigenvalue weighted by Crippen LogP contribution is 2.40. The third kappa shape index (κ3) is 3.80. The Labute approximate surface area is 203 Å². The van der Waals surface area contributed by atoms with E-state index in [1.54, 1.807) is 0 Å². The summed E-state index contributed by atoms with van der Waals surface area (Å²) >= 11 is 6.47. The Morgan fingerprint density at radius 2 is 1.71 bits per heavy atom. The van der Waals surface area contributed by atoms with Crippen LogP contribution in [-0.2, 0) is 0 Å². The van der Waals surface area contributed by atoms with Gasteiger partial charge in [0.1, 0.15) is 11.6 Å². The van der Waals surface area contributed by atoms with Gasteiger partial charge in [-0.2, -0.15) is 5.10 Å². The second kappa shape index (κ2) is 8.40.